The van der Waals surface area contributed by atoms with Gasteiger partial charge in [-0.15, -0.1) is 6.58 Å². The van der Waals surface area contributed by atoms with Gasteiger partial charge in [0.05, 0.1) is 19.8 Å². The van der Waals surface area contributed by atoms with Crippen molar-refractivity contribution in [2.75, 3.05) is 53.5 Å². The van der Waals surface area contributed by atoms with E-state index in [4.69, 9.17) is 9.47 Å². The molecule has 1 aromatic carbocycles. The Kier molecular flexibility index (Phi) is 6.04. The normalized spacial score (nSPS) is 18.1. The number of piperazine rings is 1. The van der Waals surface area contributed by atoms with E-state index >= 15 is 0 Å². The van der Waals surface area contributed by atoms with Crippen molar-refractivity contribution in [2.45, 2.75) is 6.92 Å². The van der Waals surface area contributed by atoms with Gasteiger partial charge in [-0.3, -0.25) is 14.5 Å². The van der Waals surface area contributed by atoms with Crippen LogP contribution in [0.5, 0.6) is 11.5 Å². The number of rotatable bonds is 7. The molecule has 28 heavy (non-hydrogen) atoms. The molecule has 1 saturated heterocycles. The van der Waals surface area contributed by atoms with Crippen LogP contribution in [0.3, 0.4) is 0 Å². The Hall–Kier alpha value is -2.80. The summed E-state index contributed by atoms with van der Waals surface area (Å²) in [7, 11) is 3.11. The van der Waals surface area contributed by atoms with Crippen LogP contribution in [0.25, 0.3) is 5.57 Å². The molecule has 1 fully saturated rings. The highest BCUT2D eigenvalue weighted by molar-refractivity contribution is 6.35. The molecule has 2 aliphatic rings. The first-order chi connectivity index (χ1) is 13.5. The van der Waals surface area contributed by atoms with E-state index in [0.29, 0.717) is 41.4 Å². The Labute approximate surface area is 165 Å². The van der Waals surface area contributed by atoms with Crippen molar-refractivity contribution in [3.63, 3.8) is 0 Å². The van der Waals surface area contributed by atoms with Gasteiger partial charge in [0, 0.05) is 32.7 Å². The summed E-state index contributed by atoms with van der Waals surface area (Å²) < 4.78 is 10.7. The van der Waals surface area contributed by atoms with Gasteiger partial charge < -0.3 is 19.3 Å². The summed E-state index contributed by atoms with van der Waals surface area (Å²) in [6, 6.07) is 5.29. The minimum absolute atomic E-state index is 0.187. The number of carbonyl (C=O) groups is 2. The number of hydrogen-bond donors (Lipinski definition) is 0. The van der Waals surface area contributed by atoms with E-state index in [1.807, 2.05) is 4.90 Å². The molecule has 0 aliphatic carbocycles. The lowest BCUT2D eigenvalue weighted by molar-refractivity contribution is -0.137. The summed E-state index contributed by atoms with van der Waals surface area (Å²) in [5, 5.41) is 0. The van der Waals surface area contributed by atoms with Gasteiger partial charge >= 0.3 is 0 Å². The minimum atomic E-state index is -0.301. The van der Waals surface area contributed by atoms with Crippen LogP contribution >= 0.6 is 0 Å². The molecule has 0 bridgehead atoms. The van der Waals surface area contributed by atoms with Crippen LogP contribution in [-0.2, 0) is 9.59 Å². The molecule has 0 atom stereocenters. The average Bonchev–Trinajstić information content (AvgIpc) is 2.98. The van der Waals surface area contributed by atoms with E-state index in [0.717, 1.165) is 19.6 Å². The first kappa shape index (κ1) is 19.9. The second kappa shape index (κ2) is 8.48. The van der Waals surface area contributed by atoms with Crippen molar-refractivity contribution >= 4 is 17.4 Å². The number of methoxy groups -OCH3 is 2. The third-order valence-electron chi connectivity index (χ3n) is 5.26. The van der Waals surface area contributed by atoms with Gasteiger partial charge in [-0.2, -0.15) is 0 Å². The molecule has 2 aliphatic heterocycles. The molecule has 2 heterocycles. The van der Waals surface area contributed by atoms with Gasteiger partial charge in [0.15, 0.2) is 11.5 Å². The Bertz CT molecular complexity index is 810. The van der Waals surface area contributed by atoms with Gasteiger partial charge in [0.25, 0.3) is 11.8 Å². The Morgan fingerprint density at radius 1 is 1.04 bits per heavy atom. The SMILES string of the molecule is C=CCN1C(=O)C(c2ccc(OC)c(OC)c2)=C(N2CCN(CC)CC2)C1=O. The van der Waals surface area contributed by atoms with Crippen molar-refractivity contribution < 1.29 is 19.1 Å². The highest BCUT2D eigenvalue weighted by Gasteiger charge is 2.41. The fourth-order valence-corrected chi connectivity index (χ4v) is 3.69. The number of likely N-dealkylation sites (N-methyl/N-ethyl adjacent to an activating group) is 1. The molecule has 150 valence electrons. The number of benzene rings is 1. The molecule has 0 unspecified atom stereocenters. The molecule has 7 nitrogen and oxygen atoms in total. The molecule has 2 amide bonds. The predicted molar refractivity (Wildman–Crippen MR) is 107 cm³/mol. The first-order valence-corrected chi connectivity index (χ1v) is 9.46. The number of nitrogens with zero attached hydrogens (tertiary/aromatic N) is 3. The van der Waals surface area contributed by atoms with E-state index < -0.39 is 0 Å². The second-order valence-electron chi connectivity index (χ2n) is 6.72. The number of imide groups is 1. The summed E-state index contributed by atoms with van der Waals surface area (Å²) >= 11 is 0. The minimum Gasteiger partial charge on any atom is -0.493 e. The fraction of sp³-hybridized carbons (Fsp3) is 0.429. The van der Waals surface area contributed by atoms with Crippen LogP contribution in [-0.4, -0.2) is 80.0 Å². The van der Waals surface area contributed by atoms with Crippen molar-refractivity contribution in [2.24, 2.45) is 0 Å². The second-order valence-corrected chi connectivity index (χ2v) is 6.72. The van der Waals surface area contributed by atoms with Crippen LogP contribution in [0, 0.1) is 0 Å². The molecule has 1 aromatic rings. The van der Waals surface area contributed by atoms with Crippen LogP contribution < -0.4 is 9.47 Å². The van der Waals surface area contributed by atoms with Gasteiger partial charge in [0.2, 0.25) is 0 Å². The zero-order valence-corrected chi connectivity index (χ0v) is 16.7. The van der Waals surface area contributed by atoms with E-state index in [-0.39, 0.29) is 18.4 Å². The predicted octanol–water partition coefficient (Wildman–Crippen LogP) is 1.61. The van der Waals surface area contributed by atoms with Crippen LogP contribution in [0.2, 0.25) is 0 Å². The van der Waals surface area contributed by atoms with Crippen molar-refractivity contribution in [3.8, 4) is 11.5 Å². The van der Waals surface area contributed by atoms with Crippen molar-refractivity contribution in [1.29, 1.82) is 0 Å². The first-order valence-electron chi connectivity index (χ1n) is 9.46. The van der Waals surface area contributed by atoms with Crippen LogP contribution in [0.1, 0.15) is 12.5 Å². The monoisotopic (exact) mass is 385 g/mol. The molecule has 0 N–H and O–H groups in total. The lowest BCUT2D eigenvalue weighted by Crippen LogP contribution is -2.47. The highest BCUT2D eigenvalue weighted by Crippen LogP contribution is 2.36. The largest absolute Gasteiger partial charge is 0.493 e. The van der Waals surface area contributed by atoms with Gasteiger partial charge in [-0.05, 0) is 24.2 Å². The third kappa shape index (κ3) is 3.49. The Morgan fingerprint density at radius 3 is 2.29 bits per heavy atom. The van der Waals surface area contributed by atoms with Crippen LogP contribution in [0.15, 0.2) is 36.6 Å². The van der Waals surface area contributed by atoms with E-state index in [2.05, 4.69) is 18.4 Å². The molecule has 0 aromatic heterocycles. The maximum atomic E-state index is 13.1. The van der Waals surface area contributed by atoms with Crippen molar-refractivity contribution in [1.82, 2.24) is 14.7 Å². The fourth-order valence-electron chi connectivity index (χ4n) is 3.69. The number of hydrogen-bond acceptors (Lipinski definition) is 6. The maximum absolute atomic E-state index is 13.1. The molecule has 0 spiro atoms. The third-order valence-corrected chi connectivity index (χ3v) is 5.26. The average molecular weight is 385 g/mol. The number of carbonyl (C=O) groups excluding carboxylic acids is 2. The van der Waals surface area contributed by atoms with E-state index in [1.54, 1.807) is 38.5 Å². The summed E-state index contributed by atoms with van der Waals surface area (Å²) in [5.41, 5.74) is 1.53. The molecular formula is C21H27N3O4. The van der Waals surface area contributed by atoms with E-state index in [9.17, 15) is 9.59 Å². The lowest BCUT2D eigenvalue weighted by atomic mass is 10.0. The number of amides is 2. The molecule has 0 radical (unpaired) electrons. The van der Waals surface area contributed by atoms with E-state index in [1.165, 1.54) is 4.90 Å². The molecule has 0 saturated carbocycles. The Balaban J connectivity index is 2.06. The zero-order valence-electron chi connectivity index (χ0n) is 16.7. The molecule has 7 heteroatoms. The van der Waals surface area contributed by atoms with Crippen molar-refractivity contribution in [3.05, 3.63) is 42.1 Å². The Morgan fingerprint density at radius 2 is 1.71 bits per heavy atom. The summed E-state index contributed by atoms with van der Waals surface area (Å²) in [6.45, 7) is 10.1. The quantitative estimate of drug-likeness (QED) is 0.525. The van der Waals surface area contributed by atoms with Gasteiger partial charge in [0.1, 0.15) is 5.70 Å². The molecule has 3 rings (SSSR count). The zero-order chi connectivity index (χ0) is 20.3. The van der Waals surface area contributed by atoms with Crippen LogP contribution in [0.4, 0.5) is 0 Å². The van der Waals surface area contributed by atoms with Gasteiger partial charge in [-0.1, -0.05) is 19.1 Å². The summed E-state index contributed by atoms with van der Waals surface area (Å²) in [6.07, 6.45) is 1.57. The molecular weight excluding hydrogens is 358 g/mol. The van der Waals surface area contributed by atoms with Gasteiger partial charge in [-0.25, -0.2) is 0 Å². The summed E-state index contributed by atoms with van der Waals surface area (Å²) in [5.74, 6) is 0.527. The smallest absolute Gasteiger partial charge is 0.278 e. The maximum Gasteiger partial charge on any atom is 0.278 e. The topological polar surface area (TPSA) is 62.3 Å². The standard InChI is InChI=1S/C21H27N3O4/c1-5-9-24-20(25)18(15-7-8-16(27-3)17(14-15)28-4)19(21(24)26)23-12-10-22(6-2)11-13-23/h5,7-8,14H,1,6,9-13H2,2-4H3. The highest BCUT2D eigenvalue weighted by atomic mass is 16.5. The number of ether oxygens (including phenoxy) is 2. The summed E-state index contributed by atoms with van der Waals surface area (Å²) in [4.78, 5) is 31.8. The lowest BCUT2D eigenvalue weighted by Gasteiger charge is -2.35.